The van der Waals surface area contributed by atoms with Gasteiger partial charge in [0.05, 0.1) is 0 Å². The molecule has 42 heavy (non-hydrogen) atoms. The zero-order valence-electron chi connectivity index (χ0n) is 25.5. The first-order chi connectivity index (χ1) is 19.3. The van der Waals surface area contributed by atoms with E-state index in [0.29, 0.717) is 0 Å². The fourth-order valence-corrected chi connectivity index (χ4v) is 30.8. The molecule has 1 aromatic heterocycles. The number of aromatic nitrogens is 2. The third kappa shape index (κ3) is 4.04. The molecular formula is C32H44AuF6IN2. The quantitative estimate of drug-likeness (QED) is 0.0929. The van der Waals surface area contributed by atoms with Crippen LogP contribution in [0.4, 0.5) is 26.3 Å². The molecule has 0 unspecified atom stereocenters. The third-order valence-corrected chi connectivity index (χ3v) is 30.6. The van der Waals surface area contributed by atoms with Crippen LogP contribution in [-0.4, -0.2) is 23.2 Å². The average molecular weight is 895 g/mol. The van der Waals surface area contributed by atoms with Gasteiger partial charge in [-0.3, -0.25) is 0 Å². The molecule has 0 radical (unpaired) electrons. The van der Waals surface area contributed by atoms with Crippen molar-refractivity contribution in [3.8, 4) is 0 Å². The first-order valence-electron chi connectivity index (χ1n) is 14.0. The Kier molecular flexibility index (Phi) is 9.69. The summed E-state index contributed by atoms with van der Waals surface area (Å²) in [5.41, 5.74) is 0.393. The number of H-pyrrole nitrogens is 2. The molecule has 10 heteroatoms. The molecule has 0 amide bonds. The van der Waals surface area contributed by atoms with Crippen LogP contribution < -0.4 is 7.56 Å². The average Bonchev–Trinajstić information content (AvgIpc) is 3.44. The monoisotopic (exact) mass is 894 g/mol. The Bertz CT molecular complexity index is 1400. The van der Waals surface area contributed by atoms with Gasteiger partial charge >= 0.3 is 259 Å². The molecule has 0 fully saturated rings. The summed E-state index contributed by atoms with van der Waals surface area (Å²) in [5, 5.41) is 0. The van der Waals surface area contributed by atoms with E-state index in [1.807, 2.05) is 22.6 Å². The van der Waals surface area contributed by atoms with Crippen molar-refractivity contribution in [1.29, 1.82) is 0 Å². The number of aromatic amines is 2. The number of halogens is 7. The molecule has 3 aromatic rings. The van der Waals surface area contributed by atoms with Gasteiger partial charge in [0.15, 0.2) is 0 Å². The second kappa shape index (κ2) is 11.6. The van der Waals surface area contributed by atoms with Crippen LogP contribution in [0.5, 0.6) is 0 Å². The predicted molar refractivity (Wildman–Crippen MR) is 167 cm³/mol. The summed E-state index contributed by atoms with van der Waals surface area (Å²) >= 11 is -7.31. The minimum absolute atomic E-state index is 0.0983. The second-order valence-corrected chi connectivity index (χ2v) is 28.8. The van der Waals surface area contributed by atoms with Crippen molar-refractivity contribution in [2.45, 2.75) is 98.9 Å². The van der Waals surface area contributed by atoms with E-state index in [0.717, 1.165) is 0 Å². The normalized spacial score (nSPS) is 15.1. The zero-order chi connectivity index (χ0) is 32.0. The van der Waals surface area contributed by atoms with Crippen LogP contribution in [-0.2, 0) is 14.0 Å². The Hall–Kier alpha value is -1.30. The molecule has 0 saturated carbocycles. The second-order valence-electron chi connectivity index (χ2n) is 11.7. The zero-order valence-corrected chi connectivity index (χ0v) is 29.8. The first kappa shape index (κ1) is 35.2. The molecule has 0 saturated heterocycles. The number of hydrogen-bond acceptors (Lipinski definition) is 0. The number of alkyl halides is 7. The number of rotatable bonds is 9. The van der Waals surface area contributed by atoms with Gasteiger partial charge in [-0.25, -0.2) is 0 Å². The maximum atomic E-state index is 17.5. The van der Waals surface area contributed by atoms with Crippen molar-refractivity contribution in [2.24, 2.45) is 0 Å². The SMILES string of the molecule is CC(C)c1cccc(C(C)C)[c]1[Au]([CH2]CCI)([c]1c(C(C)C)cccc1C(C)C)(=[c]1[nH]cc[nH]1)([C](F)(F)F)[C](F)(F)F. The summed E-state index contributed by atoms with van der Waals surface area (Å²) in [6, 6.07) is 9.19. The molecule has 0 aliphatic heterocycles. The van der Waals surface area contributed by atoms with E-state index >= 15 is 26.3 Å². The predicted octanol–water partition coefficient (Wildman–Crippen LogP) is 10.5. The standard InChI is InChI=1S/2C12H17.C3H6I.C3H4N2.2CF3.Au/c2*1-9(2)11-6-5-7-12(8-11)10(3)4;1-2-3-4;1-2-5-3-4-1;2*2-1(3)4;/h2*5-7,9-10H,1-4H3;1-3H2;1-2,4-5H;;;. The van der Waals surface area contributed by atoms with Gasteiger partial charge in [0.25, 0.3) is 0 Å². The van der Waals surface area contributed by atoms with Crippen LogP contribution in [0.15, 0.2) is 48.8 Å². The van der Waals surface area contributed by atoms with Gasteiger partial charge < -0.3 is 0 Å². The molecular weight excluding hydrogens is 850 g/mol. The van der Waals surface area contributed by atoms with Crippen molar-refractivity contribution >= 4 is 30.2 Å². The van der Waals surface area contributed by atoms with Crippen LogP contribution >= 0.6 is 22.6 Å². The molecule has 2 aromatic carbocycles. The topological polar surface area (TPSA) is 31.6 Å². The van der Waals surface area contributed by atoms with Gasteiger partial charge in [-0.15, -0.1) is 0 Å². The summed E-state index contributed by atoms with van der Waals surface area (Å²) in [7, 11) is 0. The van der Waals surface area contributed by atoms with E-state index in [4.69, 9.17) is 0 Å². The molecule has 0 aliphatic rings. The molecule has 2 nitrogen and oxygen atoms in total. The van der Waals surface area contributed by atoms with Crippen LogP contribution in [0.3, 0.4) is 0 Å². The van der Waals surface area contributed by atoms with E-state index in [-0.39, 0.29) is 33.1 Å². The Morgan fingerprint density at radius 2 is 0.929 bits per heavy atom. The van der Waals surface area contributed by atoms with Crippen LogP contribution in [0.25, 0.3) is 0 Å². The minimum atomic E-state index is -9.23. The fraction of sp³-hybridized carbons (Fsp3) is 0.531. The number of imidazole rings is 1. The first-order valence-corrected chi connectivity index (χ1v) is 22.5. The van der Waals surface area contributed by atoms with Gasteiger partial charge in [0.2, 0.25) is 0 Å². The summed E-state index contributed by atoms with van der Waals surface area (Å²) in [4.78, 5) is 5.25. The summed E-state index contributed by atoms with van der Waals surface area (Å²) in [6.45, 7) is 13.5. The molecule has 3 rings (SSSR count). The van der Waals surface area contributed by atoms with Crippen LogP contribution in [0.1, 0.15) is 108 Å². The van der Waals surface area contributed by atoms with Crippen LogP contribution in [0.2, 0.25) is 4.64 Å². The number of hydrogen-bond donors (Lipinski definition) is 2. The van der Waals surface area contributed by atoms with Crippen molar-refractivity contribution < 1.29 is 40.4 Å². The van der Waals surface area contributed by atoms with Gasteiger partial charge in [-0.1, -0.05) is 0 Å². The van der Waals surface area contributed by atoms with Crippen molar-refractivity contribution in [3.63, 3.8) is 0 Å². The molecule has 2 N–H and O–H groups in total. The van der Waals surface area contributed by atoms with E-state index in [9.17, 15) is 0 Å². The maximum absolute atomic E-state index is 17.5. The fourth-order valence-electron chi connectivity index (χ4n) is 5.78. The van der Waals surface area contributed by atoms with Gasteiger partial charge in [0, 0.05) is 0 Å². The molecule has 0 aliphatic carbocycles. The van der Waals surface area contributed by atoms with Crippen molar-refractivity contribution in [3.05, 3.63) is 74.7 Å². The van der Waals surface area contributed by atoms with Crippen LogP contribution in [0, 0.1) is 3.63 Å². The van der Waals surface area contributed by atoms with Crippen molar-refractivity contribution in [1.82, 2.24) is 9.97 Å². The molecule has 242 valence electrons. The van der Waals surface area contributed by atoms with E-state index < -0.39 is 62.3 Å². The Morgan fingerprint density at radius 3 is 1.17 bits per heavy atom. The summed E-state index contributed by atoms with van der Waals surface area (Å²) in [6.07, 6.45) is 2.08. The Balaban J connectivity index is 3.35. The van der Waals surface area contributed by atoms with Gasteiger partial charge in [0.1, 0.15) is 0 Å². The Labute approximate surface area is 257 Å². The number of nitrogens with one attached hydrogen (secondary N) is 2. The van der Waals surface area contributed by atoms with Gasteiger partial charge in [-0.05, 0) is 0 Å². The summed E-state index contributed by atoms with van der Waals surface area (Å²) < 4.78 is 90.8. The Morgan fingerprint density at radius 1 is 0.619 bits per heavy atom. The molecule has 0 atom stereocenters. The molecule has 1 heterocycles. The van der Waals surface area contributed by atoms with E-state index in [2.05, 4.69) is 9.97 Å². The third-order valence-electron chi connectivity index (χ3n) is 7.77. The van der Waals surface area contributed by atoms with Crippen molar-refractivity contribution in [2.75, 3.05) is 4.43 Å². The molecule has 0 spiro atoms. The number of benzene rings is 2. The van der Waals surface area contributed by atoms with Gasteiger partial charge in [-0.2, -0.15) is 0 Å². The summed E-state index contributed by atoms with van der Waals surface area (Å²) in [5.74, 6) is -2.43. The van der Waals surface area contributed by atoms with E-state index in [1.54, 1.807) is 67.5 Å². The molecule has 0 bridgehead atoms. The van der Waals surface area contributed by atoms with E-state index in [1.165, 1.54) is 36.7 Å².